The number of amides is 3. The van der Waals surface area contributed by atoms with Crippen LogP contribution in [0, 0.1) is 10.8 Å². The second-order valence-corrected chi connectivity index (χ2v) is 23.3. The minimum Gasteiger partial charge on any atom is -0.463 e. The van der Waals surface area contributed by atoms with Crippen molar-refractivity contribution in [2.24, 2.45) is 10.8 Å². The van der Waals surface area contributed by atoms with Gasteiger partial charge in [0.1, 0.15) is 28.4 Å². The lowest BCUT2D eigenvalue weighted by Crippen LogP contribution is -2.49. The van der Waals surface area contributed by atoms with E-state index < -0.39 is 65.0 Å². The molecule has 4 heterocycles. The van der Waals surface area contributed by atoms with Gasteiger partial charge in [-0.15, -0.1) is 0 Å². The fourth-order valence-electron chi connectivity index (χ4n) is 6.79. The maximum atomic E-state index is 14.2. The Hall–Kier alpha value is -4.20. The molecular weight excluding hydrogens is 968 g/mol. The molecule has 4 saturated heterocycles. The molecule has 4 rings (SSSR count). The van der Waals surface area contributed by atoms with Gasteiger partial charge in [-0.05, 0) is 115 Å². The first-order chi connectivity index (χ1) is 33.0. The van der Waals surface area contributed by atoms with E-state index in [2.05, 4.69) is 13.8 Å². The summed E-state index contributed by atoms with van der Waals surface area (Å²) in [7, 11) is -4.04. The Morgan fingerprint density at radius 3 is 1.35 bits per heavy atom. The Bertz CT molecular complexity index is 1820. The van der Waals surface area contributed by atoms with E-state index in [-0.39, 0.29) is 56.6 Å². The molecule has 0 N–H and O–H groups in total. The number of rotatable bonds is 9. The molecule has 0 saturated carbocycles. The number of carbonyl (C=O) groups is 7. The van der Waals surface area contributed by atoms with Gasteiger partial charge in [0.15, 0.2) is 0 Å². The number of Topliss-reactive ketones (excluding diaryl/α,β-unsaturated/α-hetero) is 2. The van der Waals surface area contributed by atoms with Gasteiger partial charge in [0.2, 0.25) is 5.83 Å². The molecule has 0 radical (unpaired) electrons. The van der Waals surface area contributed by atoms with Crippen LogP contribution in [0.3, 0.4) is 0 Å². The molecule has 0 spiro atoms. The van der Waals surface area contributed by atoms with Gasteiger partial charge in [0.25, 0.3) is 5.91 Å². The van der Waals surface area contributed by atoms with E-state index in [9.17, 15) is 46.9 Å². The molecule has 4 aliphatic rings. The molecule has 4 aliphatic heterocycles. The minimum atomic E-state index is -4.04. The maximum absolute atomic E-state index is 14.2. The predicted octanol–water partition coefficient (Wildman–Crippen LogP) is 10.2. The zero-order valence-corrected chi connectivity index (χ0v) is 47.3. The summed E-state index contributed by atoms with van der Waals surface area (Å²) in [6.45, 7) is 34.6. The quantitative estimate of drug-likeness (QED) is 0.0907. The van der Waals surface area contributed by atoms with Gasteiger partial charge >= 0.3 is 37.8 Å². The van der Waals surface area contributed by atoms with Crippen molar-refractivity contribution in [3.63, 3.8) is 0 Å². The molecule has 4 fully saturated rings. The van der Waals surface area contributed by atoms with E-state index in [1.54, 1.807) is 56.2 Å². The predicted molar refractivity (Wildman–Crippen MR) is 267 cm³/mol. The van der Waals surface area contributed by atoms with E-state index in [4.69, 9.17) is 23.7 Å². The first kappa shape index (κ1) is 67.8. The average molecular weight is 1060 g/mol. The largest absolute Gasteiger partial charge is 0.463 e. The molecule has 418 valence electrons. The maximum Gasteiger partial charge on any atom is 0.410 e. The molecule has 3 amide bonds. The van der Waals surface area contributed by atoms with Crippen molar-refractivity contribution in [2.45, 2.75) is 179 Å². The molecule has 19 nitrogen and oxygen atoms in total. The molecular formula is C50H88F2N3O16P. The van der Waals surface area contributed by atoms with Gasteiger partial charge in [-0.2, -0.15) is 4.39 Å². The third kappa shape index (κ3) is 26.7. The van der Waals surface area contributed by atoms with Gasteiger partial charge in [0.05, 0.1) is 26.4 Å². The normalized spacial score (nSPS) is 18.9. The molecule has 1 atom stereocenters. The molecule has 0 aromatic heterocycles. The van der Waals surface area contributed by atoms with Crippen LogP contribution in [0.15, 0.2) is 11.4 Å². The molecule has 22 heteroatoms. The van der Waals surface area contributed by atoms with Crippen LogP contribution in [-0.2, 0) is 61.2 Å². The van der Waals surface area contributed by atoms with Crippen LogP contribution in [0.4, 0.5) is 23.2 Å². The fraction of sp³-hybridized carbons (Fsp3) is 0.820. The molecule has 1 unspecified atom stereocenters. The van der Waals surface area contributed by atoms with Gasteiger partial charge in [0, 0.05) is 82.6 Å². The van der Waals surface area contributed by atoms with Crippen molar-refractivity contribution in [1.29, 1.82) is 0 Å². The molecule has 72 heavy (non-hydrogen) atoms. The second-order valence-electron chi connectivity index (χ2n) is 21.3. The van der Waals surface area contributed by atoms with Crippen LogP contribution < -0.4 is 0 Å². The monoisotopic (exact) mass is 1060 g/mol. The van der Waals surface area contributed by atoms with Crippen molar-refractivity contribution in [1.82, 2.24) is 14.7 Å². The summed E-state index contributed by atoms with van der Waals surface area (Å²) < 4.78 is 78.5. The van der Waals surface area contributed by atoms with Crippen LogP contribution in [0.1, 0.15) is 156 Å². The first-order valence-electron chi connectivity index (χ1n) is 24.8. The summed E-state index contributed by atoms with van der Waals surface area (Å²) in [6, 6.07) is 0. The molecule has 0 aromatic carbocycles. The van der Waals surface area contributed by atoms with Crippen LogP contribution >= 0.6 is 7.60 Å². The molecule has 0 aromatic rings. The lowest BCUT2D eigenvalue weighted by molar-refractivity contribution is -0.146. The number of alkyl halides is 1. The van der Waals surface area contributed by atoms with Crippen molar-refractivity contribution in [3.05, 3.63) is 11.4 Å². The number of hydrogen-bond donors (Lipinski definition) is 0. The van der Waals surface area contributed by atoms with Gasteiger partial charge in [-0.3, -0.25) is 14.2 Å². The smallest absolute Gasteiger partial charge is 0.410 e. The lowest BCUT2D eigenvalue weighted by atomic mass is 9.78. The zero-order chi connectivity index (χ0) is 55.9. The number of ketones is 2. The van der Waals surface area contributed by atoms with E-state index in [0.29, 0.717) is 64.1 Å². The highest BCUT2D eigenvalue weighted by Crippen LogP contribution is 2.54. The van der Waals surface area contributed by atoms with Crippen molar-refractivity contribution < 1.29 is 84.4 Å². The van der Waals surface area contributed by atoms with Crippen LogP contribution in [0.5, 0.6) is 0 Å². The van der Waals surface area contributed by atoms with E-state index >= 15 is 0 Å². The average Bonchev–Trinajstić information content (AvgIpc) is 3.84. The number of piperidine rings is 3. The highest BCUT2D eigenvalue weighted by atomic mass is 31.2. The van der Waals surface area contributed by atoms with Crippen molar-refractivity contribution in [3.8, 4) is 0 Å². The van der Waals surface area contributed by atoms with Gasteiger partial charge in [-0.25, -0.2) is 28.4 Å². The number of hydrogen-bond acceptors (Lipinski definition) is 16. The van der Waals surface area contributed by atoms with Crippen LogP contribution in [0.25, 0.3) is 0 Å². The Kier molecular flexibility index (Phi) is 29.1. The lowest BCUT2D eigenvalue weighted by Gasteiger charge is -2.40. The second kappa shape index (κ2) is 30.9. The molecule has 0 aliphatic carbocycles. The fourth-order valence-corrected chi connectivity index (χ4v) is 8.18. The Morgan fingerprint density at radius 2 is 1.00 bits per heavy atom. The number of ether oxygens (including phenoxy) is 6. The highest BCUT2D eigenvalue weighted by Gasteiger charge is 2.43. The summed E-state index contributed by atoms with van der Waals surface area (Å²) in [5, 5.41) is 0. The standard InChI is InChI=1S/C16H26FNO4.C12H21NO3.C10H17NO3.C8H16FO5P.C4H8O/c1-7-21-13(19)12(17)11-8-9-18(10-16(11,5)6)14(20)22-15(2,3)4;1-11(2,3)16-10(15)13-7-6-9(14)12(4,5)8-13;1-10(2,3)14-9(13)11-6-4-8(12)5-7-11;1-4-12-8(10)7(9)15(11,13-5-2)14-6-3;1-2-4-5-3-1/h7-10H2,1-6H3;6-8H2,1-5H3;4-7H2,1-3H3;7H,4-6H2,1-3H3;1-4H2/b12-11-;;;;. The summed E-state index contributed by atoms with van der Waals surface area (Å²) in [5.41, 5.74) is -2.22. The summed E-state index contributed by atoms with van der Waals surface area (Å²) in [6.07, 6.45) is 3.12. The Morgan fingerprint density at radius 1 is 0.611 bits per heavy atom. The number of likely N-dealkylation sites (tertiary alicyclic amines) is 3. The van der Waals surface area contributed by atoms with Crippen molar-refractivity contribution in [2.75, 3.05) is 78.9 Å². The van der Waals surface area contributed by atoms with E-state index in [0.717, 1.165) is 13.2 Å². The number of carbonyl (C=O) groups excluding carboxylic acids is 7. The van der Waals surface area contributed by atoms with Crippen LogP contribution in [-0.4, -0.2) is 158 Å². The summed E-state index contributed by atoms with van der Waals surface area (Å²) in [5.74, 6) is -4.93. The van der Waals surface area contributed by atoms with Gasteiger partial charge in [-0.1, -0.05) is 27.7 Å². The topological polar surface area (TPSA) is 220 Å². The Balaban J connectivity index is 0.000000914. The minimum absolute atomic E-state index is 0.00287. The first-order valence-corrected chi connectivity index (χ1v) is 26.4. The summed E-state index contributed by atoms with van der Waals surface area (Å²) in [4.78, 5) is 85.3. The summed E-state index contributed by atoms with van der Waals surface area (Å²) >= 11 is 0. The SMILES string of the molecule is C1CCOC1.CC(C)(C)OC(=O)N1CCC(=O)C(C)(C)C1.CC(C)(C)OC(=O)N1CCC(=O)CC1.CCOC(=O)/C(F)=C1\CCN(C(=O)OC(C)(C)C)CC1(C)C.CCOC(=O)C(F)P(=O)(OCC)OCC. The van der Waals surface area contributed by atoms with Gasteiger partial charge < -0.3 is 52.2 Å². The zero-order valence-electron chi connectivity index (χ0n) is 46.4. The van der Waals surface area contributed by atoms with E-state index in [1.165, 1.54) is 33.6 Å². The van der Waals surface area contributed by atoms with Crippen molar-refractivity contribution >= 4 is 49.4 Å². The van der Waals surface area contributed by atoms with E-state index in [1.807, 2.05) is 55.4 Å². The number of esters is 2. The Labute approximate surface area is 427 Å². The van der Waals surface area contributed by atoms with Crippen LogP contribution in [0.2, 0.25) is 0 Å². The number of halogens is 2. The third-order valence-electron chi connectivity index (χ3n) is 10.2. The number of nitrogens with zero attached hydrogens (tertiary/aromatic N) is 3. The third-order valence-corrected chi connectivity index (χ3v) is 12.2. The highest BCUT2D eigenvalue weighted by molar-refractivity contribution is 7.55. The molecule has 0 bridgehead atoms.